The Labute approximate surface area is 134 Å². The largest absolute Gasteiger partial charge is 0.491 e. The molecule has 0 aliphatic carbocycles. The summed E-state index contributed by atoms with van der Waals surface area (Å²) in [5, 5.41) is 2.74. The first kappa shape index (κ1) is 16.6. The molecule has 0 saturated carbocycles. The maximum atomic E-state index is 12.3. The van der Waals surface area contributed by atoms with E-state index in [4.69, 9.17) is 9.47 Å². The zero-order chi connectivity index (χ0) is 16.1. The second-order valence-corrected chi connectivity index (χ2v) is 6.11. The van der Waals surface area contributed by atoms with Gasteiger partial charge in [-0.1, -0.05) is 0 Å². The van der Waals surface area contributed by atoms with Crippen LogP contribution in [0.15, 0.2) is 17.5 Å². The Morgan fingerprint density at radius 3 is 2.68 bits per heavy atom. The summed E-state index contributed by atoms with van der Waals surface area (Å²) in [5.41, 5.74) is 2.09. The van der Waals surface area contributed by atoms with Gasteiger partial charge in [-0.2, -0.15) is 0 Å². The molecule has 22 heavy (non-hydrogen) atoms. The number of carbonyl (C=O) groups is 1. The zero-order valence-electron chi connectivity index (χ0n) is 13.3. The van der Waals surface area contributed by atoms with E-state index in [1.165, 1.54) is 11.3 Å². The van der Waals surface area contributed by atoms with Crippen molar-refractivity contribution in [3.63, 3.8) is 0 Å². The van der Waals surface area contributed by atoms with Crippen molar-refractivity contribution in [2.45, 2.75) is 33.3 Å². The minimum Gasteiger partial charge on any atom is -0.491 e. The van der Waals surface area contributed by atoms with Crippen LogP contribution in [0.3, 0.4) is 0 Å². The average Bonchev–Trinajstić information content (AvgIpc) is 2.89. The van der Waals surface area contributed by atoms with Crippen molar-refractivity contribution in [1.82, 2.24) is 9.97 Å². The summed E-state index contributed by atoms with van der Waals surface area (Å²) < 4.78 is 10.8. The molecular weight excluding hydrogens is 300 g/mol. The number of aromatic nitrogens is 2. The monoisotopic (exact) mass is 320 g/mol. The summed E-state index contributed by atoms with van der Waals surface area (Å²) in [6, 6.07) is 3.49. The van der Waals surface area contributed by atoms with Gasteiger partial charge < -0.3 is 9.47 Å². The van der Waals surface area contributed by atoms with Crippen molar-refractivity contribution in [2.24, 2.45) is 0 Å². The van der Waals surface area contributed by atoms with Crippen molar-refractivity contribution in [3.05, 3.63) is 39.6 Å². The highest BCUT2D eigenvalue weighted by atomic mass is 32.1. The van der Waals surface area contributed by atoms with Crippen LogP contribution in [0.25, 0.3) is 0 Å². The van der Waals surface area contributed by atoms with Gasteiger partial charge in [-0.3, -0.25) is 4.79 Å². The molecule has 0 amide bonds. The van der Waals surface area contributed by atoms with Crippen molar-refractivity contribution >= 4 is 17.1 Å². The summed E-state index contributed by atoms with van der Waals surface area (Å²) in [6.07, 6.45) is 0.258. The molecule has 0 fully saturated rings. The second kappa shape index (κ2) is 7.47. The lowest BCUT2D eigenvalue weighted by Gasteiger charge is -2.12. The standard InChI is InChI=1S/C16H20N2O3S/c1-10-5-13(21-8-12(3)20-4)6-14(17-10)15(19)7-16-18-11(2)9-22-16/h5-6,9,12H,7-8H2,1-4H3/t12-/m0/s1. The molecule has 1 atom stereocenters. The molecule has 0 spiro atoms. The Hall–Kier alpha value is -1.79. The predicted octanol–water partition coefficient (Wildman–Crippen LogP) is 2.99. The lowest BCUT2D eigenvalue weighted by molar-refractivity contribution is 0.0715. The van der Waals surface area contributed by atoms with Crippen molar-refractivity contribution in [2.75, 3.05) is 13.7 Å². The maximum absolute atomic E-state index is 12.3. The van der Waals surface area contributed by atoms with E-state index in [9.17, 15) is 4.79 Å². The first-order chi connectivity index (χ1) is 10.5. The van der Waals surface area contributed by atoms with Crippen LogP contribution in [0.4, 0.5) is 0 Å². The van der Waals surface area contributed by atoms with Gasteiger partial charge in [-0.05, 0) is 20.8 Å². The smallest absolute Gasteiger partial charge is 0.188 e. The summed E-state index contributed by atoms with van der Waals surface area (Å²) in [6.45, 7) is 6.11. The first-order valence-corrected chi connectivity index (χ1v) is 7.94. The lowest BCUT2D eigenvalue weighted by atomic mass is 10.2. The van der Waals surface area contributed by atoms with Gasteiger partial charge in [0.05, 0.1) is 12.5 Å². The Morgan fingerprint density at radius 1 is 1.27 bits per heavy atom. The topological polar surface area (TPSA) is 61.3 Å². The molecule has 0 aliphatic heterocycles. The number of carbonyl (C=O) groups excluding carboxylic acids is 1. The third-order valence-corrected chi connectivity index (χ3v) is 4.04. The maximum Gasteiger partial charge on any atom is 0.188 e. The van der Waals surface area contributed by atoms with E-state index < -0.39 is 0 Å². The number of pyridine rings is 1. The quantitative estimate of drug-likeness (QED) is 0.734. The van der Waals surface area contributed by atoms with Crippen molar-refractivity contribution in [1.29, 1.82) is 0 Å². The minimum atomic E-state index is -0.0531. The van der Waals surface area contributed by atoms with Gasteiger partial charge in [-0.15, -0.1) is 11.3 Å². The number of hydrogen-bond donors (Lipinski definition) is 0. The average molecular weight is 320 g/mol. The van der Waals surface area contributed by atoms with E-state index in [0.29, 0.717) is 18.1 Å². The molecule has 0 N–H and O–H groups in total. The van der Waals surface area contributed by atoms with E-state index in [2.05, 4.69) is 9.97 Å². The number of rotatable bonds is 7. The molecule has 2 aromatic heterocycles. The molecular formula is C16H20N2O3S. The molecule has 0 aliphatic rings. The first-order valence-electron chi connectivity index (χ1n) is 7.06. The molecule has 0 saturated heterocycles. The molecule has 0 bridgehead atoms. The predicted molar refractivity (Wildman–Crippen MR) is 85.8 cm³/mol. The van der Waals surface area contributed by atoms with E-state index in [0.717, 1.165) is 16.4 Å². The molecule has 5 nitrogen and oxygen atoms in total. The van der Waals surface area contributed by atoms with Crippen molar-refractivity contribution < 1.29 is 14.3 Å². The molecule has 6 heteroatoms. The van der Waals surface area contributed by atoms with Gasteiger partial charge in [0.1, 0.15) is 23.1 Å². The Kier molecular flexibility index (Phi) is 5.63. The number of thiazole rings is 1. The molecule has 0 unspecified atom stereocenters. The van der Waals surface area contributed by atoms with Crippen LogP contribution in [0.2, 0.25) is 0 Å². The number of ketones is 1. The fraction of sp³-hybridized carbons (Fsp3) is 0.438. The Balaban J connectivity index is 2.09. The Bertz CT molecular complexity index is 655. The summed E-state index contributed by atoms with van der Waals surface area (Å²) in [5.74, 6) is 0.581. The Morgan fingerprint density at radius 2 is 2.05 bits per heavy atom. The van der Waals surface area contributed by atoms with Gasteiger partial charge in [0.2, 0.25) is 0 Å². The van der Waals surface area contributed by atoms with Gasteiger partial charge in [-0.25, -0.2) is 9.97 Å². The zero-order valence-corrected chi connectivity index (χ0v) is 14.1. The van der Waals surface area contributed by atoms with Crippen molar-refractivity contribution in [3.8, 4) is 5.75 Å². The normalized spacial score (nSPS) is 12.2. The number of hydrogen-bond acceptors (Lipinski definition) is 6. The molecule has 2 rings (SSSR count). The van der Waals surface area contributed by atoms with Crippen LogP contribution in [0.5, 0.6) is 5.75 Å². The van der Waals surface area contributed by atoms with Crippen LogP contribution in [-0.4, -0.2) is 35.6 Å². The molecule has 118 valence electrons. The van der Waals surface area contributed by atoms with E-state index in [-0.39, 0.29) is 18.3 Å². The third kappa shape index (κ3) is 4.61. The lowest BCUT2D eigenvalue weighted by Crippen LogP contribution is -2.16. The SMILES string of the molecule is CO[C@@H](C)COc1cc(C)nc(C(=O)Cc2nc(C)cs2)c1. The highest BCUT2D eigenvalue weighted by Crippen LogP contribution is 2.17. The van der Waals surface area contributed by atoms with E-state index in [1.807, 2.05) is 32.2 Å². The number of methoxy groups -OCH3 is 1. The fourth-order valence-corrected chi connectivity index (χ4v) is 2.63. The summed E-state index contributed by atoms with van der Waals surface area (Å²) in [4.78, 5) is 21.0. The van der Waals surface area contributed by atoms with Gasteiger partial charge >= 0.3 is 0 Å². The molecule has 0 aromatic carbocycles. The van der Waals surface area contributed by atoms with Crippen LogP contribution in [0.1, 0.15) is 33.8 Å². The van der Waals surface area contributed by atoms with E-state index >= 15 is 0 Å². The molecule has 2 aromatic rings. The number of nitrogens with zero attached hydrogens (tertiary/aromatic N) is 2. The van der Waals surface area contributed by atoms with Crippen LogP contribution < -0.4 is 4.74 Å². The van der Waals surface area contributed by atoms with Gasteiger partial charge in [0, 0.05) is 36.0 Å². The van der Waals surface area contributed by atoms with Crippen LogP contribution >= 0.6 is 11.3 Å². The fourth-order valence-electron chi connectivity index (χ4n) is 1.86. The third-order valence-electron chi connectivity index (χ3n) is 3.08. The van der Waals surface area contributed by atoms with Crippen LogP contribution in [0, 0.1) is 13.8 Å². The second-order valence-electron chi connectivity index (χ2n) is 5.17. The summed E-state index contributed by atoms with van der Waals surface area (Å²) in [7, 11) is 1.64. The van der Waals surface area contributed by atoms with E-state index in [1.54, 1.807) is 13.2 Å². The summed E-state index contributed by atoms with van der Waals surface area (Å²) >= 11 is 1.49. The highest BCUT2D eigenvalue weighted by molar-refractivity contribution is 7.09. The van der Waals surface area contributed by atoms with Crippen LogP contribution in [-0.2, 0) is 11.2 Å². The molecule has 2 heterocycles. The van der Waals surface area contributed by atoms with Gasteiger partial charge in [0.25, 0.3) is 0 Å². The number of ether oxygens (including phenoxy) is 2. The van der Waals surface area contributed by atoms with Gasteiger partial charge in [0.15, 0.2) is 5.78 Å². The number of aryl methyl sites for hydroxylation is 2. The number of Topliss-reactive ketones (excluding diaryl/α,β-unsaturated/α-hetero) is 1. The highest BCUT2D eigenvalue weighted by Gasteiger charge is 2.13. The molecule has 0 radical (unpaired) electrons. The minimum absolute atomic E-state index is 0.00841.